The number of methoxy groups -OCH3 is 1. The van der Waals surface area contributed by atoms with E-state index in [0.29, 0.717) is 37.1 Å². The second-order valence-electron chi connectivity index (χ2n) is 8.57. The van der Waals surface area contributed by atoms with Crippen molar-refractivity contribution in [3.8, 4) is 0 Å². The summed E-state index contributed by atoms with van der Waals surface area (Å²) in [5, 5.41) is 4.97. The summed E-state index contributed by atoms with van der Waals surface area (Å²) < 4.78 is 19.7. The van der Waals surface area contributed by atoms with Gasteiger partial charge in [0.05, 0.1) is 6.04 Å². The minimum absolute atomic E-state index is 0.00183. The highest BCUT2D eigenvalue weighted by molar-refractivity contribution is 6.07. The van der Waals surface area contributed by atoms with Gasteiger partial charge in [0, 0.05) is 37.2 Å². The Balaban J connectivity index is 1.37. The van der Waals surface area contributed by atoms with E-state index in [-0.39, 0.29) is 23.5 Å². The third-order valence-corrected chi connectivity index (χ3v) is 6.46. The number of nitrogens with one attached hydrogen (secondary N) is 1. The van der Waals surface area contributed by atoms with Crippen LogP contribution >= 0.6 is 0 Å². The van der Waals surface area contributed by atoms with E-state index in [1.807, 2.05) is 54.3 Å². The fraction of sp³-hybridized carbons (Fsp3) is 0.333. The van der Waals surface area contributed by atoms with Crippen LogP contribution in [-0.4, -0.2) is 43.0 Å². The van der Waals surface area contributed by atoms with Gasteiger partial charge in [-0.3, -0.25) is 9.59 Å². The Bertz CT molecular complexity index is 1140. The number of benzene rings is 3. The molecule has 1 aliphatic heterocycles. The lowest BCUT2D eigenvalue weighted by Gasteiger charge is -2.33. The van der Waals surface area contributed by atoms with E-state index in [2.05, 4.69) is 5.32 Å². The van der Waals surface area contributed by atoms with E-state index in [0.717, 1.165) is 10.8 Å². The average Bonchev–Trinajstić information content (AvgIpc) is 2.85. The summed E-state index contributed by atoms with van der Waals surface area (Å²) in [5.41, 5.74) is 1.11. The number of carbonyl (C=O) groups excluding carboxylic acids is 2. The van der Waals surface area contributed by atoms with Gasteiger partial charge in [-0.05, 0) is 42.7 Å². The van der Waals surface area contributed by atoms with Crippen molar-refractivity contribution in [3.63, 3.8) is 0 Å². The van der Waals surface area contributed by atoms with Crippen molar-refractivity contribution in [2.45, 2.75) is 31.9 Å². The number of halogens is 1. The maximum absolute atomic E-state index is 14.2. The molecular weight excluding hydrogens is 419 g/mol. The predicted molar refractivity (Wildman–Crippen MR) is 126 cm³/mol. The summed E-state index contributed by atoms with van der Waals surface area (Å²) in [5.74, 6) is -0.635. The molecule has 0 bridgehead atoms. The molecule has 5 nitrogen and oxygen atoms in total. The number of fused-ring (bicyclic) bond motifs is 1. The summed E-state index contributed by atoms with van der Waals surface area (Å²) in [4.78, 5) is 27.9. The van der Waals surface area contributed by atoms with E-state index in [9.17, 15) is 14.0 Å². The summed E-state index contributed by atoms with van der Waals surface area (Å²) in [7, 11) is 1.51. The molecule has 172 valence electrons. The standard InChI is InChI=1S/C27H29FN2O3/c1-18(25(33-2)23-11-5-6-13-24(23)28)29-26(31)20-14-16-30(17-15-20)27(32)22-12-7-9-19-8-3-4-10-21(19)22/h3-13,18,20,25H,14-17H2,1-2H3,(H,29,31)/t18-,25-/m0/s1. The van der Waals surface area contributed by atoms with E-state index in [4.69, 9.17) is 4.74 Å². The molecule has 1 heterocycles. The number of amides is 2. The summed E-state index contributed by atoms with van der Waals surface area (Å²) >= 11 is 0. The van der Waals surface area contributed by atoms with Gasteiger partial charge in [0.25, 0.3) is 5.91 Å². The molecule has 3 aromatic rings. The van der Waals surface area contributed by atoms with E-state index in [1.165, 1.54) is 13.2 Å². The fourth-order valence-electron chi connectivity index (χ4n) is 4.65. The smallest absolute Gasteiger partial charge is 0.254 e. The molecule has 2 amide bonds. The van der Waals surface area contributed by atoms with Crippen LogP contribution in [0.5, 0.6) is 0 Å². The highest BCUT2D eigenvalue weighted by Crippen LogP contribution is 2.26. The number of carbonyl (C=O) groups is 2. The molecule has 33 heavy (non-hydrogen) atoms. The lowest BCUT2D eigenvalue weighted by atomic mass is 9.94. The number of hydrogen-bond donors (Lipinski definition) is 1. The Kier molecular flexibility index (Phi) is 7.04. The van der Waals surface area contributed by atoms with Crippen LogP contribution < -0.4 is 5.32 Å². The molecule has 6 heteroatoms. The molecule has 0 aromatic heterocycles. The van der Waals surface area contributed by atoms with Gasteiger partial charge in [-0.15, -0.1) is 0 Å². The van der Waals surface area contributed by atoms with Crippen molar-refractivity contribution in [2.75, 3.05) is 20.2 Å². The Morgan fingerprint density at radius 2 is 1.67 bits per heavy atom. The fourth-order valence-corrected chi connectivity index (χ4v) is 4.65. The van der Waals surface area contributed by atoms with Crippen molar-refractivity contribution in [2.24, 2.45) is 5.92 Å². The number of rotatable bonds is 6. The quantitative estimate of drug-likeness (QED) is 0.594. The molecule has 1 saturated heterocycles. The van der Waals surface area contributed by atoms with Crippen molar-refractivity contribution >= 4 is 22.6 Å². The highest BCUT2D eigenvalue weighted by Gasteiger charge is 2.31. The van der Waals surface area contributed by atoms with Crippen LogP contribution in [-0.2, 0) is 9.53 Å². The Morgan fingerprint density at radius 1 is 1.00 bits per heavy atom. The first-order valence-electron chi connectivity index (χ1n) is 11.3. The molecule has 0 unspecified atom stereocenters. The van der Waals surface area contributed by atoms with Crippen LogP contribution in [0.3, 0.4) is 0 Å². The van der Waals surface area contributed by atoms with Crippen molar-refractivity contribution in [1.82, 2.24) is 10.2 Å². The molecular formula is C27H29FN2O3. The number of nitrogens with zero attached hydrogens (tertiary/aromatic N) is 1. The molecule has 4 rings (SSSR count). The van der Waals surface area contributed by atoms with E-state index >= 15 is 0 Å². The molecule has 0 aliphatic carbocycles. The molecule has 0 radical (unpaired) electrons. The van der Waals surface area contributed by atoms with Crippen molar-refractivity contribution in [1.29, 1.82) is 0 Å². The zero-order chi connectivity index (χ0) is 23.4. The first kappa shape index (κ1) is 22.9. The maximum atomic E-state index is 14.2. The zero-order valence-electron chi connectivity index (χ0n) is 19.0. The molecule has 0 saturated carbocycles. The first-order chi connectivity index (χ1) is 16.0. The average molecular weight is 449 g/mol. The number of ether oxygens (including phenoxy) is 1. The second kappa shape index (κ2) is 10.1. The SMILES string of the molecule is CO[C@H](c1ccccc1F)[C@H](C)NC(=O)C1CCN(C(=O)c2cccc3ccccc23)CC1. The molecule has 3 aromatic carbocycles. The highest BCUT2D eigenvalue weighted by atomic mass is 19.1. The number of likely N-dealkylation sites (tertiary alicyclic amines) is 1. The van der Waals surface area contributed by atoms with Gasteiger partial charge < -0.3 is 15.0 Å². The van der Waals surface area contributed by atoms with Gasteiger partial charge in [0.15, 0.2) is 0 Å². The largest absolute Gasteiger partial charge is 0.375 e. The first-order valence-corrected chi connectivity index (χ1v) is 11.3. The summed E-state index contributed by atoms with van der Waals surface area (Å²) in [6, 6.07) is 19.7. The topological polar surface area (TPSA) is 58.6 Å². The summed E-state index contributed by atoms with van der Waals surface area (Å²) in [6.45, 7) is 2.86. The minimum Gasteiger partial charge on any atom is -0.375 e. The molecule has 1 N–H and O–H groups in total. The van der Waals surface area contributed by atoms with Gasteiger partial charge >= 0.3 is 0 Å². The van der Waals surface area contributed by atoms with Crippen molar-refractivity contribution in [3.05, 3.63) is 83.7 Å². The van der Waals surface area contributed by atoms with Crippen LogP contribution in [0.1, 0.15) is 41.8 Å². The Hall–Kier alpha value is -3.25. The van der Waals surface area contributed by atoms with Crippen LogP contribution in [0.2, 0.25) is 0 Å². The predicted octanol–water partition coefficient (Wildman–Crippen LogP) is 4.72. The van der Waals surface area contributed by atoms with Gasteiger partial charge in [0.2, 0.25) is 5.91 Å². The molecule has 0 spiro atoms. The summed E-state index contributed by atoms with van der Waals surface area (Å²) in [6.07, 6.45) is 0.599. The lowest BCUT2D eigenvalue weighted by molar-refractivity contribution is -0.128. The van der Waals surface area contributed by atoms with E-state index in [1.54, 1.807) is 18.2 Å². The van der Waals surface area contributed by atoms with Crippen LogP contribution in [0.15, 0.2) is 66.7 Å². The molecule has 2 atom stereocenters. The Labute approximate surface area is 193 Å². The van der Waals surface area contributed by atoms with E-state index < -0.39 is 12.1 Å². The van der Waals surface area contributed by atoms with Crippen molar-refractivity contribution < 1.29 is 18.7 Å². The Morgan fingerprint density at radius 3 is 2.39 bits per heavy atom. The van der Waals surface area contributed by atoms with Gasteiger partial charge in [-0.1, -0.05) is 54.6 Å². The van der Waals surface area contributed by atoms with Crippen LogP contribution in [0, 0.1) is 11.7 Å². The van der Waals surface area contributed by atoms with Gasteiger partial charge in [0.1, 0.15) is 11.9 Å². The molecule has 1 aliphatic rings. The minimum atomic E-state index is -0.580. The molecule has 1 fully saturated rings. The van der Waals surface area contributed by atoms with Gasteiger partial charge in [-0.25, -0.2) is 4.39 Å². The normalized spacial score (nSPS) is 16.4. The van der Waals surface area contributed by atoms with Gasteiger partial charge in [-0.2, -0.15) is 0 Å². The van der Waals surface area contributed by atoms with Crippen LogP contribution in [0.4, 0.5) is 4.39 Å². The third kappa shape index (κ3) is 4.91. The monoisotopic (exact) mass is 448 g/mol. The number of hydrogen-bond acceptors (Lipinski definition) is 3. The third-order valence-electron chi connectivity index (χ3n) is 6.46. The second-order valence-corrected chi connectivity index (χ2v) is 8.57. The lowest BCUT2D eigenvalue weighted by Crippen LogP contribution is -2.46. The number of piperidine rings is 1. The zero-order valence-corrected chi connectivity index (χ0v) is 19.0. The van der Waals surface area contributed by atoms with Crippen LogP contribution in [0.25, 0.3) is 10.8 Å². The maximum Gasteiger partial charge on any atom is 0.254 e.